The topological polar surface area (TPSA) is 30.2 Å². The van der Waals surface area contributed by atoms with Gasteiger partial charge in [-0.05, 0) is 24.5 Å². The van der Waals surface area contributed by atoms with Crippen molar-refractivity contribution in [3.8, 4) is 11.3 Å². The number of rotatable bonds is 2. The Labute approximate surface area is 106 Å². The number of halogens is 1. The van der Waals surface area contributed by atoms with E-state index in [0.29, 0.717) is 5.76 Å². The van der Waals surface area contributed by atoms with Gasteiger partial charge in [-0.25, -0.2) is 4.79 Å². The van der Waals surface area contributed by atoms with Crippen LogP contribution in [0.25, 0.3) is 11.3 Å². The number of hydrogen-bond acceptors (Lipinski definition) is 3. The van der Waals surface area contributed by atoms with E-state index in [0.717, 1.165) is 14.9 Å². The molecular formula is C12H9BrO2S. The molecule has 0 aliphatic heterocycles. The summed E-state index contributed by atoms with van der Waals surface area (Å²) in [5.74, 6) is 0.596. The molecule has 0 unspecified atom stereocenters. The molecule has 0 spiro atoms. The molecule has 4 heteroatoms. The lowest BCUT2D eigenvalue weighted by atomic mass is 10.2. The molecule has 16 heavy (non-hydrogen) atoms. The Balaban J connectivity index is 2.55. The summed E-state index contributed by atoms with van der Waals surface area (Å²) in [7, 11) is 0. The molecule has 82 valence electrons. The Morgan fingerprint density at radius 2 is 2.06 bits per heavy atom. The quantitative estimate of drug-likeness (QED) is 0.790. The zero-order valence-electron chi connectivity index (χ0n) is 8.57. The SMILES string of the molecule is CSc1cc(-c2cccc(Br)c2)oc(=O)c1. The summed E-state index contributed by atoms with van der Waals surface area (Å²) in [6, 6.07) is 11.0. The maximum Gasteiger partial charge on any atom is 0.337 e. The zero-order valence-corrected chi connectivity index (χ0v) is 11.0. The summed E-state index contributed by atoms with van der Waals surface area (Å²) in [6.45, 7) is 0. The van der Waals surface area contributed by atoms with Crippen molar-refractivity contribution in [1.82, 2.24) is 0 Å². The lowest BCUT2D eigenvalue weighted by molar-refractivity contribution is 0.521. The minimum atomic E-state index is -0.318. The van der Waals surface area contributed by atoms with Gasteiger partial charge in [0.1, 0.15) is 5.76 Å². The zero-order chi connectivity index (χ0) is 11.5. The van der Waals surface area contributed by atoms with Gasteiger partial charge >= 0.3 is 5.63 Å². The summed E-state index contributed by atoms with van der Waals surface area (Å²) in [4.78, 5) is 12.2. The van der Waals surface area contributed by atoms with E-state index < -0.39 is 0 Å². The van der Waals surface area contributed by atoms with Crippen LogP contribution in [0.5, 0.6) is 0 Å². The van der Waals surface area contributed by atoms with Crippen LogP contribution in [0.4, 0.5) is 0 Å². The minimum Gasteiger partial charge on any atom is -0.423 e. The van der Waals surface area contributed by atoms with Crippen molar-refractivity contribution in [2.24, 2.45) is 0 Å². The van der Waals surface area contributed by atoms with Crippen molar-refractivity contribution in [1.29, 1.82) is 0 Å². The monoisotopic (exact) mass is 296 g/mol. The molecule has 0 atom stereocenters. The highest BCUT2D eigenvalue weighted by Crippen LogP contribution is 2.24. The van der Waals surface area contributed by atoms with Gasteiger partial charge in [0.2, 0.25) is 0 Å². The summed E-state index contributed by atoms with van der Waals surface area (Å²) < 4.78 is 6.13. The Hall–Kier alpha value is -1.00. The highest BCUT2D eigenvalue weighted by atomic mass is 79.9. The Kier molecular flexibility index (Phi) is 3.51. The Bertz CT molecular complexity index is 563. The fraction of sp³-hybridized carbons (Fsp3) is 0.0833. The van der Waals surface area contributed by atoms with E-state index in [4.69, 9.17) is 4.42 Å². The number of benzene rings is 1. The fourth-order valence-electron chi connectivity index (χ4n) is 1.36. The van der Waals surface area contributed by atoms with E-state index >= 15 is 0 Å². The van der Waals surface area contributed by atoms with Gasteiger partial charge in [-0.3, -0.25) is 0 Å². The molecule has 0 fully saturated rings. The van der Waals surface area contributed by atoms with E-state index in [1.54, 1.807) is 0 Å². The van der Waals surface area contributed by atoms with Crippen LogP contribution in [-0.2, 0) is 0 Å². The van der Waals surface area contributed by atoms with Gasteiger partial charge in [-0.15, -0.1) is 11.8 Å². The molecule has 0 bridgehead atoms. The molecule has 0 saturated carbocycles. The second-order valence-electron chi connectivity index (χ2n) is 3.19. The number of hydrogen-bond donors (Lipinski definition) is 0. The molecule has 0 saturated heterocycles. The van der Waals surface area contributed by atoms with Gasteiger partial charge in [0.05, 0.1) is 0 Å². The fourth-order valence-corrected chi connectivity index (χ4v) is 2.19. The predicted molar refractivity (Wildman–Crippen MR) is 69.9 cm³/mol. The first-order valence-corrected chi connectivity index (χ1v) is 6.66. The van der Waals surface area contributed by atoms with Crippen molar-refractivity contribution >= 4 is 27.7 Å². The average Bonchev–Trinajstić information content (AvgIpc) is 2.28. The number of thioether (sulfide) groups is 1. The van der Waals surface area contributed by atoms with Gasteiger partial charge in [-0.1, -0.05) is 28.1 Å². The Morgan fingerprint density at radius 1 is 1.25 bits per heavy atom. The van der Waals surface area contributed by atoms with Crippen LogP contribution in [0.15, 0.2) is 55.0 Å². The lowest BCUT2D eigenvalue weighted by Crippen LogP contribution is -1.97. The van der Waals surface area contributed by atoms with Crippen LogP contribution >= 0.6 is 27.7 Å². The molecule has 2 aromatic rings. The molecule has 0 N–H and O–H groups in total. The maximum atomic E-state index is 11.3. The molecular weight excluding hydrogens is 288 g/mol. The second-order valence-corrected chi connectivity index (χ2v) is 4.99. The predicted octanol–water partition coefficient (Wildman–Crippen LogP) is 3.79. The maximum absolute atomic E-state index is 11.3. The summed E-state index contributed by atoms with van der Waals surface area (Å²) in [6.07, 6.45) is 1.93. The van der Waals surface area contributed by atoms with Crippen LogP contribution < -0.4 is 5.63 Å². The van der Waals surface area contributed by atoms with E-state index in [-0.39, 0.29) is 5.63 Å². The van der Waals surface area contributed by atoms with Gasteiger partial charge in [0, 0.05) is 21.0 Å². The molecule has 1 aromatic carbocycles. The molecule has 0 aliphatic rings. The molecule has 1 aromatic heterocycles. The largest absolute Gasteiger partial charge is 0.423 e. The first-order chi connectivity index (χ1) is 7.69. The first-order valence-electron chi connectivity index (χ1n) is 4.64. The standard InChI is InChI=1S/C12H9BrO2S/c1-16-10-6-11(15-12(14)7-10)8-3-2-4-9(13)5-8/h2-7H,1H3. The summed E-state index contributed by atoms with van der Waals surface area (Å²) >= 11 is 4.91. The van der Waals surface area contributed by atoms with Crippen LogP contribution in [-0.4, -0.2) is 6.26 Å². The third kappa shape index (κ3) is 2.57. The van der Waals surface area contributed by atoms with Gasteiger partial charge < -0.3 is 4.42 Å². The Morgan fingerprint density at radius 3 is 2.75 bits per heavy atom. The van der Waals surface area contributed by atoms with Crippen molar-refractivity contribution in [2.75, 3.05) is 6.26 Å². The normalized spacial score (nSPS) is 10.4. The van der Waals surface area contributed by atoms with E-state index in [9.17, 15) is 4.79 Å². The third-order valence-corrected chi connectivity index (χ3v) is 3.29. The van der Waals surface area contributed by atoms with E-state index in [1.165, 1.54) is 17.8 Å². The molecule has 1 heterocycles. The molecule has 0 amide bonds. The van der Waals surface area contributed by atoms with Crippen LogP contribution in [0.3, 0.4) is 0 Å². The highest BCUT2D eigenvalue weighted by Gasteiger charge is 2.04. The lowest BCUT2D eigenvalue weighted by Gasteiger charge is -2.02. The van der Waals surface area contributed by atoms with E-state index in [2.05, 4.69) is 15.9 Å². The molecule has 2 nitrogen and oxygen atoms in total. The van der Waals surface area contributed by atoms with Gasteiger partial charge in [0.15, 0.2) is 0 Å². The van der Waals surface area contributed by atoms with Gasteiger partial charge in [0.25, 0.3) is 0 Å². The van der Waals surface area contributed by atoms with Gasteiger partial charge in [-0.2, -0.15) is 0 Å². The first kappa shape index (κ1) is 11.5. The molecule has 0 aliphatic carbocycles. The van der Waals surface area contributed by atoms with Crippen molar-refractivity contribution in [3.63, 3.8) is 0 Å². The average molecular weight is 297 g/mol. The van der Waals surface area contributed by atoms with E-state index in [1.807, 2.05) is 36.6 Å². The molecule has 2 rings (SSSR count). The van der Waals surface area contributed by atoms with Crippen LogP contribution in [0.1, 0.15) is 0 Å². The van der Waals surface area contributed by atoms with Crippen LogP contribution in [0.2, 0.25) is 0 Å². The van der Waals surface area contributed by atoms with Crippen molar-refractivity contribution < 1.29 is 4.42 Å². The summed E-state index contributed by atoms with van der Waals surface area (Å²) in [5.41, 5.74) is 0.573. The summed E-state index contributed by atoms with van der Waals surface area (Å²) in [5, 5.41) is 0. The van der Waals surface area contributed by atoms with Crippen molar-refractivity contribution in [3.05, 3.63) is 51.3 Å². The van der Waals surface area contributed by atoms with Crippen LogP contribution in [0, 0.1) is 0 Å². The second kappa shape index (κ2) is 4.89. The minimum absolute atomic E-state index is 0.318. The highest BCUT2D eigenvalue weighted by molar-refractivity contribution is 9.10. The van der Waals surface area contributed by atoms with Crippen molar-refractivity contribution in [2.45, 2.75) is 4.90 Å². The third-order valence-electron chi connectivity index (χ3n) is 2.09. The molecule has 0 radical (unpaired) electrons. The smallest absolute Gasteiger partial charge is 0.337 e.